The van der Waals surface area contributed by atoms with Crippen molar-refractivity contribution in [1.82, 2.24) is 15.2 Å². The van der Waals surface area contributed by atoms with Gasteiger partial charge in [-0.1, -0.05) is 29.2 Å². The van der Waals surface area contributed by atoms with Crippen LogP contribution < -0.4 is 10.2 Å². The molecule has 0 unspecified atom stereocenters. The zero-order chi connectivity index (χ0) is 13.7. The van der Waals surface area contributed by atoms with Gasteiger partial charge in [-0.25, -0.2) is 4.98 Å². The Morgan fingerprint density at radius 3 is 2.89 bits per heavy atom. The van der Waals surface area contributed by atoms with Crippen LogP contribution in [0.1, 0.15) is 12.5 Å². The summed E-state index contributed by atoms with van der Waals surface area (Å²) < 4.78 is 0.981. The Bertz CT molecular complexity index is 526. The third kappa shape index (κ3) is 3.81. The number of nitrogens with zero attached hydrogens (tertiary/aromatic N) is 4. The number of nitrogens with one attached hydrogen (secondary N) is 1. The molecule has 2 heterocycles. The van der Waals surface area contributed by atoms with Crippen LogP contribution in [-0.2, 0) is 5.75 Å². The summed E-state index contributed by atoms with van der Waals surface area (Å²) in [6.45, 7) is 2.94. The Morgan fingerprint density at radius 1 is 1.37 bits per heavy atom. The third-order valence-corrected chi connectivity index (χ3v) is 4.64. The fourth-order valence-corrected chi connectivity index (χ4v) is 3.21. The predicted molar refractivity (Wildman–Crippen MR) is 82.2 cm³/mol. The topological polar surface area (TPSA) is 53.9 Å². The molecule has 0 saturated carbocycles. The van der Waals surface area contributed by atoms with Gasteiger partial charge in [0, 0.05) is 38.2 Å². The summed E-state index contributed by atoms with van der Waals surface area (Å²) in [6, 6.07) is 4.05. The van der Waals surface area contributed by atoms with Crippen molar-refractivity contribution in [3.05, 3.63) is 23.9 Å². The first-order valence-corrected chi connectivity index (χ1v) is 7.82. The summed E-state index contributed by atoms with van der Waals surface area (Å²) in [5, 5.41) is 12.5. The number of hydrogen-bond donors (Lipinski definition) is 1. The van der Waals surface area contributed by atoms with Crippen LogP contribution >= 0.6 is 23.1 Å². The van der Waals surface area contributed by atoms with Crippen LogP contribution in [-0.4, -0.2) is 35.8 Å². The van der Waals surface area contributed by atoms with Crippen molar-refractivity contribution in [2.24, 2.45) is 0 Å². The Kier molecular flexibility index (Phi) is 4.98. The van der Waals surface area contributed by atoms with E-state index < -0.39 is 0 Å². The summed E-state index contributed by atoms with van der Waals surface area (Å²) in [6.07, 6.45) is 1.81. The van der Waals surface area contributed by atoms with E-state index in [1.54, 1.807) is 29.3 Å². The second-order valence-corrected chi connectivity index (χ2v) is 6.25. The molecule has 0 fully saturated rings. The minimum Gasteiger partial charge on any atom is -0.370 e. The van der Waals surface area contributed by atoms with Crippen LogP contribution in [0.15, 0.2) is 22.7 Å². The van der Waals surface area contributed by atoms with Gasteiger partial charge in [0.25, 0.3) is 0 Å². The molecule has 2 aromatic heterocycles. The zero-order valence-corrected chi connectivity index (χ0v) is 12.9. The van der Waals surface area contributed by atoms with Gasteiger partial charge in [0.2, 0.25) is 5.13 Å². The summed E-state index contributed by atoms with van der Waals surface area (Å²) in [7, 11) is 3.94. The molecule has 102 valence electrons. The van der Waals surface area contributed by atoms with E-state index in [1.807, 2.05) is 25.1 Å². The fourth-order valence-electron chi connectivity index (χ4n) is 1.46. The molecule has 0 amide bonds. The second kappa shape index (κ2) is 6.72. The summed E-state index contributed by atoms with van der Waals surface area (Å²) >= 11 is 3.30. The molecule has 0 aliphatic carbocycles. The maximum Gasteiger partial charge on any atom is 0.208 e. The van der Waals surface area contributed by atoms with Crippen molar-refractivity contribution in [2.45, 2.75) is 17.0 Å². The lowest BCUT2D eigenvalue weighted by Crippen LogP contribution is -2.07. The van der Waals surface area contributed by atoms with E-state index in [4.69, 9.17) is 0 Å². The van der Waals surface area contributed by atoms with E-state index in [9.17, 15) is 0 Å². The summed E-state index contributed by atoms with van der Waals surface area (Å²) in [5.41, 5.74) is 1.19. The molecule has 0 spiro atoms. The third-order valence-electron chi connectivity index (χ3n) is 2.37. The van der Waals surface area contributed by atoms with E-state index in [2.05, 4.69) is 33.5 Å². The molecule has 0 aliphatic rings. The minimum absolute atomic E-state index is 0.845. The number of pyridine rings is 1. The molecule has 0 atom stereocenters. The molecule has 7 heteroatoms. The fraction of sp³-hybridized carbons (Fsp3) is 0.417. The van der Waals surface area contributed by atoms with Gasteiger partial charge in [-0.2, -0.15) is 0 Å². The average molecular weight is 295 g/mol. The highest BCUT2D eigenvalue weighted by Crippen LogP contribution is 2.30. The van der Waals surface area contributed by atoms with Crippen molar-refractivity contribution >= 4 is 34.0 Å². The van der Waals surface area contributed by atoms with Gasteiger partial charge >= 0.3 is 0 Å². The summed E-state index contributed by atoms with van der Waals surface area (Å²) in [5.74, 6) is 1.80. The molecule has 19 heavy (non-hydrogen) atoms. The lowest BCUT2D eigenvalue weighted by molar-refractivity contribution is 0.972. The van der Waals surface area contributed by atoms with Crippen molar-refractivity contribution in [3.8, 4) is 0 Å². The van der Waals surface area contributed by atoms with Gasteiger partial charge in [0.1, 0.15) is 5.82 Å². The molecular formula is C12H17N5S2. The normalized spacial score (nSPS) is 10.5. The number of anilines is 2. The predicted octanol–water partition coefficient (Wildman–Crippen LogP) is 2.72. The minimum atomic E-state index is 0.845. The van der Waals surface area contributed by atoms with Crippen molar-refractivity contribution < 1.29 is 0 Å². The maximum atomic E-state index is 4.35. The van der Waals surface area contributed by atoms with Crippen LogP contribution in [0.3, 0.4) is 0 Å². The monoisotopic (exact) mass is 295 g/mol. The second-order valence-electron chi connectivity index (χ2n) is 4.08. The number of thioether (sulfide) groups is 1. The molecule has 0 radical (unpaired) electrons. The molecular weight excluding hydrogens is 278 g/mol. The SMILES string of the molecule is CCNc1ncccc1CSc1nnc(N(C)C)s1. The van der Waals surface area contributed by atoms with Crippen LogP contribution in [0.25, 0.3) is 0 Å². The van der Waals surface area contributed by atoms with Crippen molar-refractivity contribution in [2.75, 3.05) is 30.9 Å². The van der Waals surface area contributed by atoms with Gasteiger partial charge in [-0.15, -0.1) is 10.2 Å². The first-order chi connectivity index (χ1) is 9.20. The molecule has 0 aliphatic heterocycles. The number of aromatic nitrogens is 3. The first-order valence-electron chi connectivity index (χ1n) is 6.02. The van der Waals surface area contributed by atoms with E-state index >= 15 is 0 Å². The quantitative estimate of drug-likeness (QED) is 0.827. The van der Waals surface area contributed by atoms with Crippen LogP contribution in [0.2, 0.25) is 0 Å². The average Bonchev–Trinajstić information content (AvgIpc) is 2.87. The van der Waals surface area contributed by atoms with Gasteiger partial charge in [-0.3, -0.25) is 0 Å². The largest absolute Gasteiger partial charge is 0.370 e. The van der Waals surface area contributed by atoms with Gasteiger partial charge < -0.3 is 10.2 Å². The van der Waals surface area contributed by atoms with Crippen LogP contribution in [0, 0.1) is 0 Å². The smallest absolute Gasteiger partial charge is 0.208 e. The maximum absolute atomic E-state index is 4.35. The highest BCUT2D eigenvalue weighted by atomic mass is 32.2. The molecule has 0 aromatic carbocycles. The van der Waals surface area contributed by atoms with E-state index in [-0.39, 0.29) is 0 Å². The molecule has 2 aromatic rings. The van der Waals surface area contributed by atoms with Crippen LogP contribution in [0.4, 0.5) is 10.9 Å². The molecule has 0 saturated heterocycles. The summed E-state index contributed by atoms with van der Waals surface area (Å²) in [4.78, 5) is 6.32. The van der Waals surface area contributed by atoms with Gasteiger partial charge in [-0.05, 0) is 13.0 Å². The van der Waals surface area contributed by atoms with Crippen molar-refractivity contribution in [3.63, 3.8) is 0 Å². The molecule has 1 N–H and O–H groups in total. The highest BCUT2D eigenvalue weighted by Gasteiger charge is 2.08. The number of hydrogen-bond acceptors (Lipinski definition) is 7. The Balaban J connectivity index is 2.01. The van der Waals surface area contributed by atoms with Crippen molar-refractivity contribution in [1.29, 1.82) is 0 Å². The highest BCUT2D eigenvalue weighted by molar-refractivity contribution is 8.00. The van der Waals surface area contributed by atoms with Gasteiger partial charge in [0.15, 0.2) is 4.34 Å². The Hall–Kier alpha value is -1.34. The zero-order valence-electron chi connectivity index (χ0n) is 11.3. The van der Waals surface area contributed by atoms with E-state index in [0.717, 1.165) is 27.6 Å². The van der Waals surface area contributed by atoms with Crippen LogP contribution in [0.5, 0.6) is 0 Å². The lowest BCUT2D eigenvalue weighted by atomic mass is 10.3. The lowest BCUT2D eigenvalue weighted by Gasteiger charge is -2.07. The van der Waals surface area contributed by atoms with E-state index in [0.29, 0.717) is 0 Å². The standard InChI is InChI=1S/C12H17N5S2/c1-4-13-10-9(6-5-7-14-10)8-18-12-16-15-11(19-12)17(2)3/h5-7H,4,8H2,1-3H3,(H,13,14). The Morgan fingerprint density at radius 2 is 2.21 bits per heavy atom. The Labute approximate surface area is 121 Å². The van der Waals surface area contributed by atoms with Gasteiger partial charge in [0.05, 0.1) is 0 Å². The molecule has 0 bridgehead atoms. The molecule has 5 nitrogen and oxygen atoms in total. The first kappa shape index (κ1) is 14.1. The number of rotatable bonds is 6. The van der Waals surface area contributed by atoms with E-state index in [1.165, 1.54) is 5.56 Å². The molecule has 2 rings (SSSR count).